The largest absolute Gasteiger partial charge is 0.507 e. The molecule has 3 rings (SSSR count). The first kappa shape index (κ1) is 22.3. The number of benzene rings is 1. The summed E-state index contributed by atoms with van der Waals surface area (Å²) in [6.07, 6.45) is 3.19. The van der Waals surface area contributed by atoms with Crippen LogP contribution in [0.25, 0.3) is 0 Å². The van der Waals surface area contributed by atoms with Gasteiger partial charge in [-0.3, -0.25) is 9.79 Å². The molecule has 0 radical (unpaired) electrons. The first-order valence-corrected chi connectivity index (χ1v) is 9.74. The fourth-order valence-electron chi connectivity index (χ4n) is 4.27. The number of carbonyl (C=O) groups is 1. The highest BCUT2D eigenvalue weighted by molar-refractivity contribution is 5.86. The van der Waals surface area contributed by atoms with E-state index in [2.05, 4.69) is 4.99 Å². The monoisotopic (exact) mass is 409 g/mol. The molecule has 1 saturated heterocycles. The van der Waals surface area contributed by atoms with Crippen LogP contribution in [0.15, 0.2) is 4.99 Å². The summed E-state index contributed by atoms with van der Waals surface area (Å²) in [5, 5.41) is 10.3. The number of fused-ring (bicyclic) bond motifs is 1. The highest BCUT2D eigenvalue weighted by atomic mass is 35.5. The third-order valence-corrected chi connectivity index (χ3v) is 6.04. The average molecular weight is 410 g/mol. The van der Waals surface area contributed by atoms with Crippen molar-refractivity contribution in [2.45, 2.75) is 71.9 Å². The average Bonchev–Trinajstić information content (AvgIpc) is 2.63. The van der Waals surface area contributed by atoms with Gasteiger partial charge in [0.2, 0.25) is 0 Å². The van der Waals surface area contributed by atoms with Gasteiger partial charge in [-0.15, -0.1) is 12.4 Å². The summed E-state index contributed by atoms with van der Waals surface area (Å²) in [6, 6.07) is 0.0651. The lowest BCUT2D eigenvalue weighted by molar-refractivity contribution is -0.149. The number of phenols is 1. The summed E-state index contributed by atoms with van der Waals surface area (Å²) in [7, 11) is 0. The van der Waals surface area contributed by atoms with E-state index in [1.165, 1.54) is 0 Å². The number of halogens is 1. The normalized spacial score (nSPS) is 24.8. The van der Waals surface area contributed by atoms with E-state index in [1.807, 2.05) is 32.6 Å². The minimum atomic E-state index is -0.892. The number of carbonyl (C=O) groups excluding carboxylic acids is 1. The van der Waals surface area contributed by atoms with E-state index >= 15 is 0 Å². The van der Waals surface area contributed by atoms with E-state index < -0.39 is 5.60 Å². The molecule has 0 aliphatic carbocycles. The van der Waals surface area contributed by atoms with Crippen molar-refractivity contribution in [3.05, 3.63) is 22.3 Å². The first-order valence-electron chi connectivity index (χ1n) is 9.74. The van der Waals surface area contributed by atoms with Crippen LogP contribution >= 0.6 is 12.4 Å². The van der Waals surface area contributed by atoms with Crippen molar-refractivity contribution in [3.63, 3.8) is 0 Å². The molecule has 156 valence electrons. The second-order valence-corrected chi connectivity index (χ2v) is 8.18. The molecule has 0 spiro atoms. The summed E-state index contributed by atoms with van der Waals surface area (Å²) in [5.74, 6) is 1.67. The summed E-state index contributed by atoms with van der Waals surface area (Å²) in [4.78, 5) is 19.7. The number of aliphatic imine (C=N–C) groups is 1. The molecule has 2 aliphatic rings. The maximum absolute atomic E-state index is 13.3. The number of amidine groups is 1. The Morgan fingerprint density at radius 1 is 1.29 bits per heavy atom. The number of rotatable bonds is 2. The van der Waals surface area contributed by atoms with Crippen molar-refractivity contribution >= 4 is 24.1 Å². The molecule has 6 nitrogen and oxygen atoms in total. The topological polar surface area (TPSA) is 88.2 Å². The van der Waals surface area contributed by atoms with Gasteiger partial charge in [-0.1, -0.05) is 0 Å². The Morgan fingerprint density at radius 2 is 1.96 bits per heavy atom. The van der Waals surface area contributed by atoms with Gasteiger partial charge in [-0.05, 0) is 70.6 Å². The molecule has 0 saturated carbocycles. The molecule has 0 aromatic heterocycles. The van der Waals surface area contributed by atoms with Crippen molar-refractivity contribution in [1.29, 1.82) is 0 Å². The standard InChI is InChI=1S/C21H31N3O3.ClH/c1-12-13(2)19-17(14(3)18(12)25)8-9-21(5,27-19)20(26)24-10-6-7-16(11-24)23-15(4)22;/h16,25H,6-11H2,1-5H3,(H2,22,23);1H. The van der Waals surface area contributed by atoms with Gasteiger partial charge in [0.15, 0.2) is 5.60 Å². The van der Waals surface area contributed by atoms with Crippen LogP contribution in [0.4, 0.5) is 0 Å². The van der Waals surface area contributed by atoms with E-state index in [0.717, 1.165) is 53.8 Å². The number of piperidine rings is 1. The lowest BCUT2D eigenvalue weighted by atomic mass is 9.86. The van der Waals surface area contributed by atoms with Gasteiger partial charge in [-0.25, -0.2) is 0 Å². The fourth-order valence-corrected chi connectivity index (χ4v) is 4.27. The summed E-state index contributed by atoms with van der Waals surface area (Å²) in [5.41, 5.74) is 8.43. The number of nitrogens with two attached hydrogens (primary N) is 1. The van der Waals surface area contributed by atoms with Gasteiger partial charge in [0, 0.05) is 25.1 Å². The SMILES string of the molecule is CC(N)=NC1CCCN(C(=O)C2(C)CCc3c(C)c(O)c(C)c(C)c3O2)C1.Cl. The van der Waals surface area contributed by atoms with Gasteiger partial charge < -0.3 is 20.5 Å². The van der Waals surface area contributed by atoms with Crippen molar-refractivity contribution in [1.82, 2.24) is 4.90 Å². The van der Waals surface area contributed by atoms with Crippen molar-refractivity contribution in [3.8, 4) is 11.5 Å². The van der Waals surface area contributed by atoms with Crippen LogP contribution in [-0.2, 0) is 11.2 Å². The summed E-state index contributed by atoms with van der Waals surface area (Å²) >= 11 is 0. The molecule has 1 fully saturated rings. The zero-order chi connectivity index (χ0) is 19.9. The van der Waals surface area contributed by atoms with Crippen LogP contribution in [0.3, 0.4) is 0 Å². The molecular weight excluding hydrogens is 378 g/mol. The Kier molecular flexibility index (Phi) is 6.54. The molecule has 1 amide bonds. The Morgan fingerprint density at radius 3 is 2.61 bits per heavy atom. The van der Waals surface area contributed by atoms with Gasteiger partial charge >= 0.3 is 0 Å². The Hall–Kier alpha value is -1.95. The predicted octanol–water partition coefficient (Wildman–Crippen LogP) is 3.19. The number of aromatic hydroxyl groups is 1. The smallest absolute Gasteiger partial charge is 0.266 e. The highest BCUT2D eigenvalue weighted by Crippen LogP contribution is 2.43. The second kappa shape index (κ2) is 8.19. The van der Waals surface area contributed by atoms with Crippen LogP contribution in [0.2, 0.25) is 0 Å². The van der Waals surface area contributed by atoms with E-state index in [0.29, 0.717) is 24.6 Å². The van der Waals surface area contributed by atoms with Crippen molar-refractivity contribution in [2.75, 3.05) is 13.1 Å². The first-order chi connectivity index (χ1) is 12.6. The molecule has 7 heteroatoms. The zero-order valence-electron chi connectivity index (χ0n) is 17.5. The fraction of sp³-hybridized carbons (Fsp3) is 0.619. The zero-order valence-corrected chi connectivity index (χ0v) is 18.3. The van der Waals surface area contributed by atoms with Crippen LogP contribution in [0.1, 0.15) is 55.4 Å². The van der Waals surface area contributed by atoms with E-state index in [4.69, 9.17) is 10.5 Å². The molecule has 2 aliphatic heterocycles. The van der Waals surface area contributed by atoms with Crippen LogP contribution in [0.5, 0.6) is 11.5 Å². The maximum atomic E-state index is 13.3. The molecule has 0 bridgehead atoms. The second-order valence-electron chi connectivity index (χ2n) is 8.18. The third kappa shape index (κ3) is 3.93. The number of nitrogens with zero attached hydrogens (tertiary/aromatic N) is 2. The number of hydrogen-bond donors (Lipinski definition) is 2. The minimum Gasteiger partial charge on any atom is -0.507 e. The molecule has 28 heavy (non-hydrogen) atoms. The van der Waals surface area contributed by atoms with Gasteiger partial charge in [-0.2, -0.15) is 0 Å². The Bertz CT molecular complexity index is 805. The Balaban J connectivity index is 0.00000280. The number of likely N-dealkylation sites (tertiary alicyclic amines) is 1. The minimum absolute atomic E-state index is 0. The maximum Gasteiger partial charge on any atom is 0.266 e. The highest BCUT2D eigenvalue weighted by Gasteiger charge is 2.44. The van der Waals surface area contributed by atoms with Gasteiger partial charge in [0.05, 0.1) is 11.9 Å². The van der Waals surface area contributed by atoms with Crippen molar-refractivity contribution < 1.29 is 14.6 Å². The molecule has 2 atom stereocenters. The molecule has 2 unspecified atom stereocenters. The summed E-state index contributed by atoms with van der Waals surface area (Å²) < 4.78 is 6.34. The number of amides is 1. The number of phenolic OH excluding ortho intramolecular Hbond substituents is 1. The van der Waals surface area contributed by atoms with Crippen molar-refractivity contribution in [2.24, 2.45) is 10.7 Å². The van der Waals surface area contributed by atoms with E-state index in [9.17, 15) is 9.90 Å². The van der Waals surface area contributed by atoms with Crippen LogP contribution in [0, 0.1) is 20.8 Å². The lowest BCUT2D eigenvalue weighted by Gasteiger charge is -2.41. The van der Waals surface area contributed by atoms with Crippen LogP contribution < -0.4 is 10.5 Å². The lowest BCUT2D eigenvalue weighted by Crippen LogP contribution is -2.55. The summed E-state index contributed by atoms with van der Waals surface area (Å²) in [6.45, 7) is 10.7. The van der Waals surface area contributed by atoms with E-state index in [1.54, 1.807) is 6.92 Å². The van der Waals surface area contributed by atoms with Crippen LogP contribution in [-0.4, -0.2) is 46.5 Å². The predicted molar refractivity (Wildman–Crippen MR) is 114 cm³/mol. The molecule has 1 aromatic rings. The Labute approximate surface area is 173 Å². The molecular formula is C21H32ClN3O3. The van der Waals surface area contributed by atoms with Gasteiger partial charge in [0.25, 0.3) is 5.91 Å². The number of hydrogen-bond acceptors (Lipinski definition) is 4. The molecule has 3 N–H and O–H groups in total. The number of ether oxygens (including phenoxy) is 1. The molecule has 1 aromatic carbocycles. The van der Waals surface area contributed by atoms with Gasteiger partial charge in [0.1, 0.15) is 11.5 Å². The third-order valence-electron chi connectivity index (χ3n) is 6.04. The molecule has 2 heterocycles. The van der Waals surface area contributed by atoms with E-state index in [-0.39, 0.29) is 24.4 Å². The quantitative estimate of drug-likeness (QED) is 0.580.